The summed E-state index contributed by atoms with van der Waals surface area (Å²) in [5.41, 5.74) is 4.62. The molecule has 2 aromatic carbocycles. The first kappa shape index (κ1) is 17.0. The second kappa shape index (κ2) is 7.75. The molecule has 0 aliphatic heterocycles. The molecule has 0 radical (unpaired) electrons. The molecule has 22 heavy (non-hydrogen) atoms. The van der Waals surface area contributed by atoms with Gasteiger partial charge in [0.1, 0.15) is 0 Å². The van der Waals surface area contributed by atoms with Gasteiger partial charge in [-0.05, 0) is 49.6 Å². The summed E-state index contributed by atoms with van der Waals surface area (Å²) in [4.78, 5) is 0. The largest absolute Gasteiger partial charge is 0.490 e. The van der Waals surface area contributed by atoms with Crippen molar-refractivity contribution in [3.63, 3.8) is 0 Å². The molecule has 118 valence electrons. The van der Waals surface area contributed by atoms with Crippen LogP contribution in [0.1, 0.15) is 30.0 Å². The molecule has 2 aromatic rings. The monoisotopic (exact) mass is 337 g/mol. The molecule has 0 saturated carbocycles. The van der Waals surface area contributed by atoms with Crippen LogP contribution in [0, 0.1) is 13.8 Å². The number of anilines is 1. The molecule has 2 rings (SSSR count). The van der Waals surface area contributed by atoms with Gasteiger partial charge in [0.2, 0.25) is 0 Å². The van der Waals surface area contributed by atoms with Gasteiger partial charge in [0.15, 0.2) is 5.75 Å². The molecule has 0 bridgehead atoms. The lowest BCUT2D eigenvalue weighted by atomic mass is 10.1. The third kappa shape index (κ3) is 4.31. The molecule has 0 aliphatic carbocycles. The van der Waals surface area contributed by atoms with Gasteiger partial charge in [-0.2, -0.15) is 0 Å². The summed E-state index contributed by atoms with van der Waals surface area (Å²) in [5, 5.41) is 4.52. The van der Waals surface area contributed by atoms with E-state index in [1.807, 2.05) is 19.1 Å². The van der Waals surface area contributed by atoms with E-state index in [0.29, 0.717) is 28.9 Å². The van der Waals surface area contributed by atoms with Crippen LogP contribution in [0.5, 0.6) is 5.75 Å². The van der Waals surface area contributed by atoms with E-state index in [1.54, 1.807) is 0 Å². The van der Waals surface area contributed by atoms with Crippen LogP contribution >= 0.6 is 23.2 Å². The number of aryl methyl sites for hydroxylation is 2. The summed E-state index contributed by atoms with van der Waals surface area (Å²) >= 11 is 12.5. The Morgan fingerprint density at radius 1 is 1.05 bits per heavy atom. The lowest BCUT2D eigenvalue weighted by molar-refractivity contribution is 0.318. The van der Waals surface area contributed by atoms with Crippen molar-refractivity contribution in [2.45, 2.75) is 33.7 Å². The Morgan fingerprint density at radius 3 is 2.32 bits per heavy atom. The molecule has 0 amide bonds. The number of halogens is 2. The fraction of sp³-hybridized carbons (Fsp3) is 0.333. The van der Waals surface area contributed by atoms with E-state index in [9.17, 15) is 0 Å². The minimum Gasteiger partial charge on any atom is -0.490 e. The number of nitrogens with one attached hydrogen (secondary N) is 1. The maximum Gasteiger partial charge on any atom is 0.156 e. The van der Waals surface area contributed by atoms with E-state index in [1.165, 1.54) is 11.1 Å². The smallest absolute Gasteiger partial charge is 0.156 e. The molecule has 4 heteroatoms. The van der Waals surface area contributed by atoms with Gasteiger partial charge in [0.05, 0.1) is 16.7 Å². The molecule has 0 unspecified atom stereocenters. The van der Waals surface area contributed by atoms with Gasteiger partial charge in [-0.25, -0.2) is 0 Å². The van der Waals surface area contributed by atoms with E-state index in [0.717, 1.165) is 17.7 Å². The highest BCUT2D eigenvalue weighted by atomic mass is 35.5. The second-order valence-corrected chi connectivity index (χ2v) is 6.22. The third-order valence-corrected chi connectivity index (χ3v) is 3.93. The van der Waals surface area contributed by atoms with Crippen molar-refractivity contribution in [1.82, 2.24) is 0 Å². The standard InChI is InChI=1S/C18H21Cl2NO/c1-4-7-22-18-15(19)9-14(10-16(18)20)11-21-17-6-5-12(2)8-13(17)3/h5-6,8-10,21H,4,7,11H2,1-3H3. The number of hydrogen-bond acceptors (Lipinski definition) is 2. The van der Waals surface area contributed by atoms with E-state index in [4.69, 9.17) is 27.9 Å². The predicted octanol–water partition coefficient (Wildman–Crippen LogP) is 6.01. The van der Waals surface area contributed by atoms with Gasteiger partial charge in [0.25, 0.3) is 0 Å². The summed E-state index contributed by atoms with van der Waals surface area (Å²) in [6, 6.07) is 10.1. The molecule has 1 N–H and O–H groups in total. The zero-order chi connectivity index (χ0) is 16.1. The van der Waals surface area contributed by atoms with E-state index in [-0.39, 0.29) is 0 Å². The Hall–Kier alpha value is -1.38. The fourth-order valence-corrected chi connectivity index (χ4v) is 2.91. The van der Waals surface area contributed by atoms with Crippen molar-refractivity contribution in [1.29, 1.82) is 0 Å². The Morgan fingerprint density at radius 2 is 1.73 bits per heavy atom. The molecular formula is C18H21Cl2NO. The van der Waals surface area contributed by atoms with Gasteiger partial charge in [-0.1, -0.05) is 47.8 Å². The third-order valence-electron chi connectivity index (χ3n) is 3.37. The molecule has 2 nitrogen and oxygen atoms in total. The average molecular weight is 338 g/mol. The summed E-state index contributed by atoms with van der Waals surface area (Å²) < 4.78 is 5.58. The fourth-order valence-electron chi connectivity index (χ4n) is 2.27. The van der Waals surface area contributed by atoms with Gasteiger partial charge in [-0.15, -0.1) is 0 Å². The van der Waals surface area contributed by atoms with Gasteiger partial charge < -0.3 is 10.1 Å². The van der Waals surface area contributed by atoms with Gasteiger partial charge in [-0.3, -0.25) is 0 Å². The minimum absolute atomic E-state index is 0.554. The van der Waals surface area contributed by atoms with Gasteiger partial charge in [0, 0.05) is 12.2 Å². The van der Waals surface area contributed by atoms with E-state index >= 15 is 0 Å². The maximum absolute atomic E-state index is 6.27. The van der Waals surface area contributed by atoms with Crippen molar-refractivity contribution in [2.75, 3.05) is 11.9 Å². The molecule has 0 aliphatic rings. The molecule has 0 atom stereocenters. The first-order valence-electron chi connectivity index (χ1n) is 7.43. The van der Waals surface area contributed by atoms with Crippen LogP contribution in [0.25, 0.3) is 0 Å². The van der Waals surface area contributed by atoms with Crippen LogP contribution in [-0.2, 0) is 6.54 Å². The highest BCUT2D eigenvalue weighted by Crippen LogP contribution is 2.34. The highest BCUT2D eigenvalue weighted by molar-refractivity contribution is 6.37. The van der Waals surface area contributed by atoms with Crippen LogP contribution in [0.2, 0.25) is 10.0 Å². The molecule has 0 aromatic heterocycles. The van der Waals surface area contributed by atoms with E-state index < -0.39 is 0 Å². The highest BCUT2D eigenvalue weighted by Gasteiger charge is 2.10. The normalized spacial score (nSPS) is 10.6. The molecular weight excluding hydrogens is 317 g/mol. The lowest BCUT2D eigenvalue weighted by Gasteiger charge is -2.13. The van der Waals surface area contributed by atoms with E-state index in [2.05, 4.69) is 37.4 Å². The zero-order valence-corrected chi connectivity index (χ0v) is 14.7. The number of hydrogen-bond donors (Lipinski definition) is 1. The number of rotatable bonds is 6. The molecule has 0 saturated heterocycles. The topological polar surface area (TPSA) is 21.3 Å². The van der Waals surface area contributed by atoms with Crippen LogP contribution < -0.4 is 10.1 Å². The number of ether oxygens (including phenoxy) is 1. The zero-order valence-electron chi connectivity index (χ0n) is 13.2. The van der Waals surface area contributed by atoms with Crippen LogP contribution in [0.15, 0.2) is 30.3 Å². The average Bonchev–Trinajstić information content (AvgIpc) is 2.45. The molecule has 0 fully saturated rings. The summed E-state index contributed by atoms with van der Waals surface area (Å²) in [5.74, 6) is 0.570. The Labute approximate surface area is 142 Å². The predicted molar refractivity (Wildman–Crippen MR) is 95.5 cm³/mol. The first-order chi connectivity index (χ1) is 10.5. The summed E-state index contributed by atoms with van der Waals surface area (Å²) in [7, 11) is 0. The maximum atomic E-state index is 6.27. The lowest BCUT2D eigenvalue weighted by Crippen LogP contribution is -2.02. The quantitative estimate of drug-likeness (QED) is 0.696. The summed E-state index contributed by atoms with van der Waals surface area (Å²) in [6.45, 7) is 7.50. The van der Waals surface area contributed by atoms with Crippen molar-refractivity contribution in [2.24, 2.45) is 0 Å². The Balaban J connectivity index is 2.10. The van der Waals surface area contributed by atoms with Crippen LogP contribution in [0.3, 0.4) is 0 Å². The minimum atomic E-state index is 0.554. The van der Waals surface area contributed by atoms with Crippen LogP contribution in [-0.4, -0.2) is 6.61 Å². The molecule has 0 spiro atoms. The Kier molecular flexibility index (Phi) is 5.98. The van der Waals surface area contributed by atoms with Crippen molar-refractivity contribution in [3.8, 4) is 5.75 Å². The van der Waals surface area contributed by atoms with Crippen molar-refractivity contribution in [3.05, 3.63) is 57.1 Å². The van der Waals surface area contributed by atoms with Crippen LogP contribution in [0.4, 0.5) is 5.69 Å². The van der Waals surface area contributed by atoms with Crippen molar-refractivity contribution >= 4 is 28.9 Å². The second-order valence-electron chi connectivity index (χ2n) is 5.41. The van der Waals surface area contributed by atoms with Crippen molar-refractivity contribution < 1.29 is 4.74 Å². The Bertz CT molecular complexity index is 633. The van der Waals surface area contributed by atoms with Gasteiger partial charge >= 0.3 is 0 Å². The number of benzene rings is 2. The first-order valence-corrected chi connectivity index (χ1v) is 8.18. The summed E-state index contributed by atoms with van der Waals surface area (Å²) in [6.07, 6.45) is 0.919. The molecule has 0 heterocycles. The SMILES string of the molecule is CCCOc1c(Cl)cc(CNc2ccc(C)cc2C)cc1Cl.